The van der Waals surface area contributed by atoms with Gasteiger partial charge in [0.1, 0.15) is 0 Å². The Bertz CT molecular complexity index is 284. The van der Waals surface area contributed by atoms with Gasteiger partial charge in [-0.2, -0.15) is 0 Å². The minimum atomic E-state index is -0.881. The van der Waals surface area contributed by atoms with Crippen molar-refractivity contribution in [2.75, 3.05) is 33.7 Å². The summed E-state index contributed by atoms with van der Waals surface area (Å²) in [6.07, 6.45) is 3.93. The number of carbonyl (C=O) groups excluding carboxylic acids is 1. The van der Waals surface area contributed by atoms with Crippen LogP contribution in [0.2, 0.25) is 0 Å². The maximum Gasteiger partial charge on any atom is 0.223 e. The lowest BCUT2D eigenvalue weighted by Gasteiger charge is -2.30. The summed E-state index contributed by atoms with van der Waals surface area (Å²) in [5, 5.41) is 13.0. The second-order valence-corrected chi connectivity index (χ2v) is 6.41. The second kappa shape index (κ2) is 7.22. The van der Waals surface area contributed by atoms with Gasteiger partial charge in [-0.05, 0) is 59.2 Å². The first-order chi connectivity index (χ1) is 8.84. The van der Waals surface area contributed by atoms with Crippen LogP contribution in [0.4, 0.5) is 0 Å². The van der Waals surface area contributed by atoms with E-state index in [9.17, 15) is 9.90 Å². The summed E-state index contributed by atoms with van der Waals surface area (Å²) in [6.45, 7) is 3.32. The van der Waals surface area contributed by atoms with Gasteiger partial charge in [0.05, 0.1) is 5.60 Å². The molecule has 0 heterocycles. The molecule has 5 nitrogen and oxygen atoms in total. The van der Waals surface area contributed by atoms with Gasteiger partial charge in [-0.15, -0.1) is 0 Å². The van der Waals surface area contributed by atoms with Gasteiger partial charge in [0, 0.05) is 19.0 Å². The van der Waals surface area contributed by atoms with E-state index in [4.69, 9.17) is 5.73 Å². The van der Waals surface area contributed by atoms with Crippen LogP contribution in [-0.4, -0.2) is 55.2 Å². The number of aliphatic hydroxyl groups is 1. The molecule has 5 heteroatoms. The van der Waals surface area contributed by atoms with Gasteiger partial charge in [0.2, 0.25) is 5.91 Å². The molecule has 0 bridgehead atoms. The van der Waals surface area contributed by atoms with Crippen LogP contribution in [0.1, 0.15) is 32.6 Å². The Morgan fingerprint density at radius 2 is 1.95 bits per heavy atom. The molecule has 1 fully saturated rings. The number of hydrogen-bond acceptors (Lipinski definition) is 4. The number of nitrogens with two attached hydrogens (primary N) is 1. The predicted octanol–water partition coefficient (Wildman–Crippen LogP) is 0.180. The molecule has 0 saturated heterocycles. The molecule has 1 aliphatic rings. The molecule has 1 atom stereocenters. The molecule has 1 aliphatic carbocycles. The van der Waals surface area contributed by atoms with E-state index in [2.05, 4.69) is 5.32 Å². The third-order valence-corrected chi connectivity index (χ3v) is 3.85. The zero-order valence-electron chi connectivity index (χ0n) is 12.5. The number of rotatable bonds is 6. The molecule has 0 spiro atoms. The van der Waals surface area contributed by atoms with Gasteiger partial charge in [0.15, 0.2) is 0 Å². The first-order valence-corrected chi connectivity index (χ1v) is 7.19. The van der Waals surface area contributed by atoms with E-state index in [-0.39, 0.29) is 11.8 Å². The van der Waals surface area contributed by atoms with Gasteiger partial charge >= 0.3 is 0 Å². The quantitative estimate of drug-likeness (QED) is 0.644. The van der Waals surface area contributed by atoms with Crippen LogP contribution in [-0.2, 0) is 4.79 Å². The zero-order chi connectivity index (χ0) is 14.5. The Balaban J connectivity index is 2.32. The molecule has 1 unspecified atom stereocenters. The maximum absolute atomic E-state index is 12.1. The normalized spacial score (nSPS) is 27.1. The minimum Gasteiger partial charge on any atom is -0.387 e. The standard InChI is InChI=1S/C14H29N3O2/c1-14(19,10-17(2)3)9-16-13(18)12-6-4-11(8-15)5-7-12/h11-12,19H,4-10,15H2,1-3H3,(H,16,18). The average molecular weight is 271 g/mol. The predicted molar refractivity (Wildman–Crippen MR) is 76.7 cm³/mol. The van der Waals surface area contributed by atoms with Gasteiger partial charge in [0.25, 0.3) is 0 Å². The summed E-state index contributed by atoms with van der Waals surface area (Å²) < 4.78 is 0. The van der Waals surface area contributed by atoms with Crippen LogP contribution >= 0.6 is 0 Å². The molecule has 1 amide bonds. The number of nitrogens with zero attached hydrogens (tertiary/aromatic N) is 1. The lowest BCUT2D eigenvalue weighted by molar-refractivity contribution is -0.127. The molecule has 1 rings (SSSR count). The van der Waals surface area contributed by atoms with Crippen molar-refractivity contribution in [3.63, 3.8) is 0 Å². The first kappa shape index (κ1) is 16.4. The van der Waals surface area contributed by atoms with Gasteiger partial charge in [-0.1, -0.05) is 0 Å². The van der Waals surface area contributed by atoms with Crippen molar-refractivity contribution >= 4 is 5.91 Å². The van der Waals surface area contributed by atoms with E-state index >= 15 is 0 Å². The maximum atomic E-state index is 12.1. The van der Waals surface area contributed by atoms with Gasteiger partial charge < -0.3 is 21.1 Å². The largest absolute Gasteiger partial charge is 0.387 e. The monoisotopic (exact) mass is 271 g/mol. The van der Waals surface area contributed by atoms with E-state index in [1.54, 1.807) is 6.92 Å². The van der Waals surface area contributed by atoms with E-state index in [0.29, 0.717) is 19.0 Å². The highest BCUT2D eigenvalue weighted by Gasteiger charge is 2.28. The molecule has 0 aromatic rings. The lowest BCUT2D eigenvalue weighted by Crippen LogP contribution is -2.48. The molecular weight excluding hydrogens is 242 g/mol. The minimum absolute atomic E-state index is 0.0782. The number of amides is 1. The number of nitrogens with one attached hydrogen (secondary N) is 1. The second-order valence-electron chi connectivity index (χ2n) is 6.41. The smallest absolute Gasteiger partial charge is 0.223 e. The average Bonchev–Trinajstić information content (AvgIpc) is 2.34. The van der Waals surface area contributed by atoms with Crippen LogP contribution in [0.5, 0.6) is 0 Å². The topological polar surface area (TPSA) is 78.6 Å². The van der Waals surface area contributed by atoms with Crippen LogP contribution in [0.3, 0.4) is 0 Å². The fraction of sp³-hybridized carbons (Fsp3) is 0.929. The van der Waals surface area contributed by atoms with Crippen LogP contribution in [0, 0.1) is 11.8 Å². The van der Waals surface area contributed by atoms with Gasteiger partial charge in [-0.25, -0.2) is 0 Å². The van der Waals surface area contributed by atoms with Crippen molar-refractivity contribution < 1.29 is 9.90 Å². The van der Waals surface area contributed by atoms with Crippen molar-refractivity contribution in [2.45, 2.75) is 38.2 Å². The Morgan fingerprint density at radius 3 is 2.42 bits per heavy atom. The highest BCUT2D eigenvalue weighted by atomic mass is 16.3. The van der Waals surface area contributed by atoms with E-state index in [0.717, 1.165) is 32.2 Å². The van der Waals surface area contributed by atoms with E-state index in [1.165, 1.54) is 0 Å². The van der Waals surface area contributed by atoms with Crippen molar-refractivity contribution in [1.29, 1.82) is 0 Å². The molecule has 0 radical (unpaired) electrons. The summed E-state index contributed by atoms with van der Waals surface area (Å²) in [6, 6.07) is 0. The van der Waals surface area contributed by atoms with E-state index in [1.807, 2.05) is 19.0 Å². The van der Waals surface area contributed by atoms with Crippen LogP contribution in [0.25, 0.3) is 0 Å². The van der Waals surface area contributed by atoms with Crippen molar-refractivity contribution in [3.8, 4) is 0 Å². The molecule has 19 heavy (non-hydrogen) atoms. The summed E-state index contributed by atoms with van der Waals surface area (Å²) in [5.41, 5.74) is 4.77. The lowest BCUT2D eigenvalue weighted by atomic mass is 9.81. The van der Waals surface area contributed by atoms with Crippen molar-refractivity contribution in [1.82, 2.24) is 10.2 Å². The third-order valence-electron chi connectivity index (χ3n) is 3.85. The number of carbonyl (C=O) groups is 1. The van der Waals surface area contributed by atoms with Crippen molar-refractivity contribution in [3.05, 3.63) is 0 Å². The summed E-state index contributed by atoms with van der Waals surface area (Å²) in [4.78, 5) is 14.0. The Morgan fingerprint density at radius 1 is 1.37 bits per heavy atom. The Labute approximate surface area is 116 Å². The molecular formula is C14H29N3O2. The molecule has 0 aromatic carbocycles. The summed E-state index contributed by atoms with van der Waals surface area (Å²) in [5.74, 6) is 0.758. The molecule has 1 saturated carbocycles. The number of hydrogen-bond donors (Lipinski definition) is 3. The van der Waals surface area contributed by atoms with Crippen LogP contribution < -0.4 is 11.1 Å². The molecule has 112 valence electrons. The van der Waals surface area contributed by atoms with Crippen LogP contribution in [0.15, 0.2) is 0 Å². The fourth-order valence-corrected chi connectivity index (χ4v) is 2.82. The Kier molecular flexibility index (Phi) is 6.23. The fourth-order valence-electron chi connectivity index (χ4n) is 2.82. The van der Waals surface area contributed by atoms with Gasteiger partial charge in [-0.3, -0.25) is 4.79 Å². The molecule has 0 aliphatic heterocycles. The summed E-state index contributed by atoms with van der Waals surface area (Å²) in [7, 11) is 3.81. The van der Waals surface area contributed by atoms with E-state index < -0.39 is 5.60 Å². The highest BCUT2D eigenvalue weighted by molar-refractivity contribution is 5.78. The first-order valence-electron chi connectivity index (χ1n) is 7.19. The molecule has 0 aromatic heterocycles. The third kappa shape index (κ3) is 5.89. The highest BCUT2D eigenvalue weighted by Crippen LogP contribution is 2.28. The molecule has 4 N–H and O–H groups in total. The zero-order valence-corrected chi connectivity index (χ0v) is 12.5. The van der Waals surface area contributed by atoms with Crippen molar-refractivity contribution in [2.24, 2.45) is 17.6 Å². The SMILES string of the molecule is CN(C)CC(C)(O)CNC(=O)C1CCC(CN)CC1. The summed E-state index contributed by atoms with van der Waals surface area (Å²) >= 11 is 0. The Hall–Kier alpha value is -0.650. The number of likely N-dealkylation sites (N-methyl/N-ethyl adjacent to an activating group) is 1.